The van der Waals surface area contributed by atoms with Crippen molar-refractivity contribution in [1.29, 1.82) is 10.5 Å². The van der Waals surface area contributed by atoms with Gasteiger partial charge >= 0.3 is 0 Å². The first-order valence-electron chi connectivity index (χ1n) is 5.62. The van der Waals surface area contributed by atoms with Gasteiger partial charge in [0.15, 0.2) is 0 Å². The summed E-state index contributed by atoms with van der Waals surface area (Å²) in [4.78, 5) is 13.5. The van der Waals surface area contributed by atoms with Crippen molar-refractivity contribution in [2.24, 2.45) is 0 Å². The first-order chi connectivity index (χ1) is 9.06. The van der Waals surface area contributed by atoms with Crippen molar-refractivity contribution >= 4 is 23.2 Å². The summed E-state index contributed by atoms with van der Waals surface area (Å²) in [7, 11) is 1.75. The highest BCUT2D eigenvalue weighted by molar-refractivity contribution is 6.31. The molecule has 6 heteroatoms. The molecule has 0 spiro atoms. The lowest BCUT2D eigenvalue weighted by Gasteiger charge is -2.14. The quantitative estimate of drug-likeness (QED) is 0.892. The lowest BCUT2D eigenvalue weighted by Crippen LogP contribution is -2.31. The van der Waals surface area contributed by atoms with Gasteiger partial charge in [0, 0.05) is 18.0 Å². The molecule has 1 aromatic carbocycles. The third-order valence-corrected chi connectivity index (χ3v) is 2.63. The molecule has 98 valence electrons. The molecular weight excluding hydrogens is 264 g/mol. The van der Waals surface area contributed by atoms with Crippen LogP contribution >= 0.6 is 11.6 Å². The minimum atomic E-state index is -0.251. The van der Waals surface area contributed by atoms with Crippen LogP contribution in [0.4, 0.5) is 5.69 Å². The number of benzene rings is 1. The van der Waals surface area contributed by atoms with Gasteiger partial charge in [0.2, 0.25) is 5.91 Å². The molecule has 1 rings (SSSR count). The number of carbonyl (C=O) groups excluding carboxylic acids is 1. The minimum absolute atomic E-state index is 0.152. The maximum atomic E-state index is 11.8. The van der Waals surface area contributed by atoms with Gasteiger partial charge in [-0.15, -0.1) is 0 Å². The van der Waals surface area contributed by atoms with Gasteiger partial charge in [0.25, 0.3) is 0 Å². The van der Waals surface area contributed by atoms with Gasteiger partial charge in [-0.2, -0.15) is 10.5 Å². The normalized spacial score (nSPS) is 9.74. The van der Waals surface area contributed by atoms with Crippen LogP contribution in [-0.4, -0.2) is 30.9 Å². The fourth-order valence-corrected chi connectivity index (χ4v) is 1.64. The Labute approximate surface area is 117 Å². The maximum Gasteiger partial charge on any atom is 0.238 e. The molecule has 0 heterocycles. The van der Waals surface area contributed by atoms with Crippen LogP contribution in [0.5, 0.6) is 0 Å². The third-order valence-electron chi connectivity index (χ3n) is 2.40. The van der Waals surface area contributed by atoms with E-state index in [1.54, 1.807) is 24.1 Å². The third kappa shape index (κ3) is 4.97. The highest BCUT2D eigenvalue weighted by Gasteiger charge is 2.09. The Balaban J connectivity index is 2.65. The van der Waals surface area contributed by atoms with Crippen LogP contribution < -0.4 is 5.32 Å². The number of rotatable bonds is 5. The van der Waals surface area contributed by atoms with E-state index in [0.717, 1.165) is 0 Å². The Morgan fingerprint density at radius 1 is 1.47 bits per heavy atom. The second kappa shape index (κ2) is 7.38. The molecule has 0 unspecified atom stereocenters. The highest BCUT2D eigenvalue weighted by Crippen LogP contribution is 2.20. The molecule has 5 nitrogen and oxygen atoms in total. The molecule has 1 amide bonds. The molecule has 0 fully saturated rings. The monoisotopic (exact) mass is 276 g/mol. The van der Waals surface area contributed by atoms with E-state index in [1.807, 2.05) is 12.1 Å². The first kappa shape index (κ1) is 15.0. The molecule has 0 radical (unpaired) electrons. The van der Waals surface area contributed by atoms with Gasteiger partial charge in [-0.1, -0.05) is 11.6 Å². The Morgan fingerprint density at radius 2 is 2.21 bits per heavy atom. The molecule has 0 aliphatic heterocycles. The van der Waals surface area contributed by atoms with E-state index in [9.17, 15) is 4.79 Å². The van der Waals surface area contributed by atoms with E-state index in [0.29, 0.717) is 29.2 Å². The average molecular weight is 277 g/mol. The summed E-state index contributed by atoms with van der Waals surface area (Å²) in [6.07, 6.45) is 0.365. The van der Waals surface area contributed by atoms with Crippen LogP contribution in [0.2, 0.25) is 5.02 Å². The fraction of sp³-hybridized carbons (Fsp3) is 0.308. The van der Waals surface area contributed by atoms with Gasteiger partial charge in [0.1, 0.15) is 6.07 Å². The zero-order chi connectivity index (χ0) is 14.3. The molecular formula is C13H13ClN4O. The first-order valence-corrected chi connectivity index (χ1v) is 5.99. The summed E-state index contributed by atoms with van der Waals surface area (Å²) in [6.45, 7) is 0.670. The van der Waals surface area contributed by atoms with Crippen molar-refractivity contribution in [2.45, 2.75) is 6.42 Å². The number of nitriles is 2. The van der Waals surface area contributed by atoms with Crippen LogP contribution in [0, 0.1) is 22.7 Å². The van der Waals surface area contributed by atoms with E-state index in [1.165, 1.54) is 6.07 Å². The summed E-state index contributed by atoms with van der Waals surface area (Å²) in [5, 5.41) is 20.5. The van der Waals surface area contributed by atoms with Crippen molar-refractivity contribution < 1.29 is 4.79 Å². The summed E-state index contributed by atoms with van der Waals surface area (Å²) in [5.74, 6) is -0.251. The molecule has 0 bridgehead atoms. The number of hydrogen-bond donors (Lipinski definition) is 1. The maximum absolute atomic E-state index is 11.8. The molecule has 1 aromatic rings. The van der Waals surface area contributed by atoms with E-state index in [-0.39, 0.29) is 12.5 Å². The smallest absolute Gasteiger partial charge is 0.238 e. The average Bonchev–Trinajstić information content (AvgIpc) is 2.36. The zero-order valence-corrected chi connectivity index (χ0v) is 11.2. The van der Waals surface area contributed by atoms with Gasteiger partial charge in [-0.05, 0) is 25.2 Å². The van der Waals surface area contributed by atoms with Crippen LogP contribution in [0.25, 0.3) is 0 Å². The molecule has 0 aliphatic carbocycles. The Morgan fingerprint density at radius 3 is 2.84 bits per heavy atom. The minimum Gasteiger partial charge on any atom is -0.324 e. The van der Waals surface area contributed by atoms with Gasteiger partial charge in [-0.25, -0.2) is 0 Å². The lowest BCUT2D eigenvalue weighted by atomic mass is 10.2. The predicted octanol–water partition coefficient (Wildman–Crippen LogP) is 2.00. The fourth-order valence-electron chi connectivity index (χ4n) is 1.47. The second-order valence-corrected chi connectivity index (χ2v) is 4.43. The van der Waals surface area contributed by atoms with Gasteiger partial charge in [0.05, 0.1) is 23.9 Å². The van der Waals surface area contributed by atoms with Crippen molar-refractivity contribution in [3.63, 3.8) is 0 Å². The summed E-state index contributed by atoms with van der Waals surface area (Å²) < 4.78 is 0. The predicted molar refractivity (Wildman–Crippen MR) is 72.5 cm³/mol. The summed E-state index contributed by atoms with van der Waals surface area (Å²) in [5.41, 5.74) is 0.756. The van der Waals surface area contributed by atoms with Crippen molar-refractivity contribution in [2.75, 3.05) is 25.5 Å². The lowest BCUT2D eigenvalue weighted by molar-refractivity contribution is -0.117. The van der Waals surface area contributed by atoms with E-state index >= 15 is 0 Å². The highest BCUT2D eigenvalue weighted by atomic mass is 35.5. The van der Waals surface area contributed by atoms with Crippen molar-refractivity contribution in [1.82, 2.24) is 4.90 Å². The molecule has 0 aliphatic rings. The molecule has 19 heavy (non-hydrogen) atoms. The van der Waals surface area contributed by atoms with Crippen molar-refractivity contribution in [3.8, 4) is 12.1 Å². The number of nitrogens with one attached hydrogen (secondary N) is 1. The topological polar surface area (TPSA) is 79.9 Å². The largest absolute Gasteiger partial charge is 0.324 e. The van der Waals surface area contributed by atoms with E-state index < -0.39 is 0 Å². The summed E-state index contributed by atoms with van der Waals surface area (Å²) >= 11 is 5.82. The second-order valence-electron chi connectivity index (χ2n) is 4.00. The number of likely N-dealkylation sites (N-methyl/N-ethyl adjacent to an activating group) is 1. The number of halogens is 1. The number of nitrogens with zero attached hydrogens (tertiary/aromatic N) is 3. The summed E-state index contributed by atoms with van der Waals surface area (Å²) in [6, 6.07) is 8.68. The Hall–Kier alpha value is -2.08. The SMILES string of the molecule is CN(CCC#N)CC(=O)Nc1cc(Cl)ccc1C#N. The van der Waals surface area contributed by atoms with Crippen molar-refractivity contribution in [3.05, 3.63) is 28.8 Å². The molecule has 0 saturated heterocycles. The van der Waals surface area contributed by atoms with Crippen LogP contribution in [0.15, 0.2) is 18.2 Å². The molecule has 0 atom stereocenters. The molecule has 1 N–H and O–H groups in total. The molecule has 0 saturated carbocycles. The number of amides is 1. The zero-order valence-electron chi connectivity index (χ0n) is 10.5. The number of hydrogen-bond acceptors (Lipinski definition) is 4. The van der Waals surface area contributed by atoms with Gasteiger partial charge in [-0.3, -0.25) is 9.69 Å². The standard InChI is InChI=1S/C13H13ClN4O/c1-18(6-2-5-15)9-13(19)17-12-7-11(14)4-3-10(12)8-16/h3-4,7H,2,6,9H2,1H3,(H,17,19). The van der Waals surface area contributed by atoms with Crippen LogP contribution in [0.1, 0.15) is 12.0 Å². The Kier molecular flexibility index (Phi) is 5.81. The van der Waals surface area contributed by atoms with Gasteiger partial charge < -0.3 is 5.32 Å². The van der Waals surface area contributed by atoms with Crippen LogP contribution in [0.3, 0.4) is 0 Å². The Bertz CT molecular complexity index is 545. The molecule has 0 aromatic heterocycles. The van der Waals surface area contributed by atoms with Crippen LogP contribution in [-0.2, 0) is 4.79 Å². The number of carbonyl (C=O) groups is 1. The number of anilines is 1. The van der Waals surface area contributed by atoms with E-state index in [4.69, 9.17) is 22.1 Å². The van der Waals surface area contributed by atoms with E-state index in [2.05, 4.69) is 5.32 Å².